The van der Waals surface area contributed by atoms with Crippen molar-refractivity contribution >= 4 is 15.9 Å². The van der Waals surface area contributed by atoms with Crippen molar-refractivity contribution in [2.45, 2.75) is 64.3 Å². The molecule has 7 heteroatoms. The number of amides is 1. The van der Waals surface area contributed by atoms with Gasteiger partial charge < -0.3 is 5.32 Å². The van der Waals surface area contributed by atoms with E-state index in [1.807, 2.05) is 13.8 Å². The Morgan fingerprint density at radius 1 is 1.11 bits per heavy atom. The number of piperidine rings is 1. The molecule has 1 aromatic rings. The van der Waals surface area contributed by atoms with Crippen LogP contribution in [0.4, 0.5) is 4.39 Å². The van der Waals surface area contributed by atoms with Gasteiger partial charge in [-0.2, -0.15) is 4.31 Å². The van der Waals surface area contributed by atoms with Crippen molar-refractivity contribution in [3.63, 3.8) is 0 Å². The lowest BCUT2D eigenvalue weighted by atomic mass is 9.81. The van der Waals surface area contributed by atoms with Crippen LogP contribution >= 0.6 is 0 Å². The van der Waals surface area contributed by atoms with Crippen molar-refractivity contribution in [1.29, 1.82) is 0 Å². The summed E-state index contributed by atoms with van der Waals surface area (Å²) in [6, 6.07) is 4.84. The van der Waals surface area contributed by atoms with Crippen molar-refractivity contribution in [2.24, 2.45) is 11.3 Å². The van der Waals surface area contributed by atoms with Gasteiger partial charge in [-0.3, -0.25) is 4.79 Å². The van der Waals surface area contributed by atoms with Crippen LogP contribution in [0.1, 0.15) is 53.9 Å². The van der Waals surface area contributed by atoms with Gasteiger partial charge in [0.05, 0.1) is 4.90 Å². The predicted molar refractivity (Wildman–Crippen MR) is 104 cm³/mol. The summed E-state index contributed by atoms with van der Waals surface area (Å²) in [7, 11) is -3.65. The van der Waals surface area contributed by atoms with Gasteiger partial charge in [-0.05, 0) is 62.8 Å². The van der Waals surface area contributed by atoms with E-state index in [1.165, 1.54) is 16.4 Å². The molecule has 5 nitrogen and oxygen atoms in total. The van der Waals surface area contributed by atoms with Crippen LogP contribution in [0.2, 0.25) is 0 Å². The molecule has 1 aromatic carbocycles. The number of benzene rings is 1. The minimum absolute atomic E-state index is 0.0110. The van der Waals surface area contributed by atoms with E-state index in [1.54, 1.807) is 0 Å². The summed E-state index contributed by atoms with van der Waals surface area (Å²) in [5, 5.41) is 3.13. The second-order valence-corrected chi connectivity index (χ2v) is 11.2. The highest BCUT2D eigenvalue weighted by Gasteiger charge is 2.34. The van der Waals surface area contributed by atoms with E-state index in [-0.39, 0.29) is 40.8 Å². The fourth-order valence-electron chi connectivity index (χ4n) is 3.92. The Bertz CT molecular complexity index is 759. The van der Waals surface area contributed by atoms with Gasteiger partial charge in [0.15, 0.2) is 0 Å². The standard InChI is InChI=1S/C20H31FN2O3S/c1-19(2,3)14-20(4,5)22-18(24)15-10-12-23(13-11-15)27(25,26)17-8-6-16(21)7-9-17/h6-9,15H,10-14H2,1-5H3,(H,22,24). The molecular weight excluding hydrogens is 367 g/mol. The Kier molecular flexibility index (Phi) is 6.37. The van der Waals surface area contributed by atoms with Gasteiger partial charge >= 0.3 is 0 Å². The van der Waals surface area contributed by atoms with Crippen molar-refractivity contribution in [3.8, 4) is 0 Å². The predicted octanol–water partition coefficient (Wildman–Crippen LogP) is 3.56. The summed E-state index contributed by atoms with van der Waals surface area (Å²) in [5.74, 6) is -0.672. The van der Waals surface area contributed by atoms with Crippen molar-refractivity contribution in [3.05, 3.63) is 30.1 Å². The molecule has 1 aliphatic rings. The molecule has 0 aromatic heterocycles. The first-order valence-corrected chi connectivity index (χ1v) is 10.8. The van der Waals surface area contributed by atoms with Gasteiger partial charge in [0.2, 0.25) is 15.9 Å². The van der Waals surface area contributed by atoms with E-state index in [2.05, 4.69) is 26.1 Å². The van der Waals surface area contributed by atoms with Crippen LogP contribution < -0.4 is 5.32 Å². The highest BCUT2D eigenvalue weighted by Crippen LogP contribution is 2.29. The highest BCUT2D eigenvalue weighted by atomic mass is 32.2. The van der Waals surface area contributed by atoms with Gasteiger partial charge in [-0.15, -0.1) is 0 Å². The zero-order valence-corrected chi connectivity index (χ0v) is 17.7. The van der Waals surface area contributed by atoms with E-state index in [0.717, 1.165) is 18.6 Å². The lowest BCUT2D eigenvalue weighted by Crippen LogP contribution is -2.50. The first-order chi connectivity index (χ1) is 12.3. The molecule has 0 radical (unpaired) electrons. The van der Waals surface area contributed by atoms with Gasteiger partial charge in [0.25, 0.3) is 0 Å². The smallest absolute Gasteiger partial charge is 0.243 e. The van der Waals surface area contributed by atoms with Crippen molar-refractivity contribution in [1.82, 2.24) is 9.62 Å². The lowest BCUT2D eigenvalue weighted by molar-refractivity contribution is -0.128. The zero-order chi connectivity index (χ0) is 20.5. The van der Waals surface area contributed by atoms with Crippen LogP contribution in [0, 0.1) is 17.2 Å². The van der Waals surface area contributed by atoms with E-state index in [4.69, 9.17) is 0 Å². The number of carbonyl (C=O) groups excluding carboxylic acids is 1. The molecule has 1 N–H and O–H groups in total. The maximum Gasteiger partial charge on any atom is 0.243 e. The molecule has 0 spiro atoms. The first kappa shape index (κ1) is 21.8. The maximum atomic E-state index is 13.0. The van der Waals surface area contributed by atoms with Crippen LogP contribution in [0.15, 0.2) is 29.2 Å². The number of carbonyl (C=O) groups is 1. The average molecular weight is 399 g/mol. The number of nitrogens with one attached hydrogen (secondary N) is 1. The summed E-state index contributed by atoms with van der Waals surface area (Å²) < 4.78 is 39.7. The van der Waals surface area contributed by atoms with Gasteiger partial charge in [0, 0.05) is 24.5 Å². The summed E-state index contributed by atoms with van der Waals surface area (Å²) in [4.78, 5) is 12.7. The van der Waals surface area contributed by atoms with Crippen LogP contribution in [0.5, 0.6) is 0 Å². The number of halogens is 1. The summed E-state index contributed by atoms with van der Waals surface area (Å²) >= 11 is 0. The average Bonchev–Trinajstić information content (AvgIpc) is 2.52. The second-order valence-electron chi connectivity index (χ2n) is 9.24. The molecule has 0 saturated carbocycles. The van der Waals surface area contributed by atoms with Crippen LogP contribution in [0.25, 0.3) is 0 Å². The van der Waals surface area contributed by atoms with Crippen molar-refractivity contribution < 1.29 is 17.6 Å². The third kappa shape index (κ3) is 6.01. The Morgan fingerprint density at radius 2 is 1.63 bits per heavy atom. The zero-order valence-electron chi connectivity index (χ0n) is 16.9. The molecule has 1 amide bonds. The third-order valence-electron chi connectivity index (χ3n) is 4.71. The maximum absolute atomic E-state index is 13.0. The Labute approximate surface area is 162 Å². The first-order valence-electron chi connectivity index (χ1n) is 9.38. The highest BCUT2D eigenvalue weighted by molar-refractivity contribution is 7.89. The van der Waals surface area contributed by atoms with Gasteiger partial charge in [-0.25, -0.2) is 12.8 Å². The van der Waals surface area contributed by atoms with Gasteiger partial charge in [0.1, 0.15) is 5.82 Å². The SMILES string of the molecule is CC(C)(C)CC(C)(C)NC(=O)C1CCN(S(=O)(=O)c2ccc(F)cc2)CC1. The molecule has 2 rings (SSSR count). The van der Waals surface area contributed by atoms with E-state index in [0.29, 0.717) is 12.8 Å². The van der Waals surface area contributed by atoms with Crippen LogP contribution in [-0.2, 0) is 14.8 Å². The van der Waals surface area contributed by atoms with Gasteiger partial charge in [-0.1, -0.05) is 20.8 Å². The minimum Gasteiger partial charge on any atom is -0.351 e. The molecule has 152 valence electrons. The van der Waals surface area contributed by atoms with Crippen LogP contribution in [0.3, 0.4) is 0 Å². The molecule has 0 unspecified atom stereocenters. The topological polar surface area (TPSA) is 66.5 Å². The molecule has 1 fully saturated rings. The molecule has 0 atom stereocenters. The fourth-order valence-corrected chi connectivity index (χ4v) is 5.39. The lowest BCUT2D eigenvalue weighted by Gasteiger charge is -2.36. The summed E-state index contributed by atoms with van der Waals surface area (Å²) in [6.07, 6.45) is 1.82. The number of hydrogen-bond acceptors (Lipinski definition) is 3. The largest absolute Gasteiger partial charge is 0.351 e. The fraction of sp³-hybridized carbons (Fsp3) is 0.650. The minimum atomic E-state index is -3.65. The summed E-state index contributed by atoms with van der Waals surface area (Å²) in [5.41, 5.74) is -0.212. The quantitative estimate of drug-likeness (QED) is 0.825. The van der Waals surface area contributed by atoms with E-state index >= 15 is 0 Å². The normalized spacial score (nSPS) is 17.7. The third-order valence-corrected chi connectivity index (χ3v) is 6.62. The summed E-state index contributed by atoms with van der Waals surface area (Å²) in [6.45, 7) is 11.0. The Morgan fingerprint density at radius 3 is 2.11 bits per heavy atom. The molecule has 1 heterocycles. The van der Waals surface area contributed by atoms with Crippen LogP contribution in [-0.4, -0.2) is 37.3 Å². The molecule has 1 aliphatic heterocycles. The van der Waals surface area contributed by atoms with Crippen molar-refractivity contribution in [2.75, 3.05) is 13.1 Å². The Balaban J connectivity index is 1.96. The number of hydrogen-bond donors (Lipinski definition) is 1. The number of rotatable bonds is 5. The Hall–Kier alpha value is -1.47. The molecular formula is C20H31FN2O3S. The number of nitrogens with zero attached hydrogens (tertiary/aromatic N) is 1. The monoisotopic (exact) mass is 398 g/mol. The molecule has 0 aliphatic carbocycles. The molecule has 0 bridgehead atoms. The van der Waals surface area contributed by atoms with E-state index < -0.39 is 15.8 Å². The molecule has 1 saturated heterocycles. The van der Waals surface area contributed by atoms with E-state index in [9.17, 15) is 17.6 Å². The second kappa shape index (κ2) is 7.87. The number of sulfonamides is 1. The molecule has 27 heavy (non-hydrogen) atoms.